The molecule has 2 aromatic heterocycles. The number of pyridine rings is 1. The van der Waals surface area contributed by atoms with Crippen molar-refractivity contribution >= 4 is 33.6 Å². The normalized spacial score (nSPS) is 10.9. The molecule has 4 nitrogen and oxygen atoms in total. The maximum atomic E-state index is 11.9. The van der Waals surface area contributed by atoms with Gasteiger partial charge in [0.25, 0.3) is 0 Å². The van der Waals surface area contributed by atoms with Gasteiger partial charge in [-0.2, -0.15) is 0 Å². The number of hydrogen-bond acceptors (Lipinski definition) is 2. The molecule has 5 heteroatoms. The third-order valence-electron chi connectivity index (χ3n) is 3.25. The van der Waals surface area contributed by atoms with Gasteiger partial charge in [-0.3, -0.25) is 4.79 Å². The molecular weight excluding hydrogens is 367 g/mol. The van der Waals surface area contributed by atoms with Gasteiger partial charge < -0.3 is 14.3 Å². The molecule has 0 radical (unpaired) electrons. The molecule has 102 valence electrons. The third-order valence-corrected chi connectivity index (χ3v) is 4.06. The molecule has 0 bridgehead atoms. The van der Waals surface area contributed by atoms with Crippen molar-refractivity contribution in [3.63, 3.8) is 0 Å². The lowest BCUT2D eigenvalue weighted by molar-refractivity contribution is 0.414. The molecule has 3 aromatic rings. The Hall–Kier alpha value is -1.76. The fourth-order valence-electron chi connectivity index (χ4n) is 2.24. The summed E-state index contributed by atoms with van der Waals surface area (Å²) in [7, 11) is 1.65. The van der Waals surface area contributed by atoms with E-state index in [0.717, 1.165) is 25.9 Å². The third kappa shape index (κ3) is 2.33. The lowest BCUT2D eigenvalue weighted by Crippen LogP contribution is -2.03. The van der Waals surface area contributed by atoms with Crippen molar-refractivity contribution in [3.05, 3.63) is 62.1 Å². The van der Waals surface area contributed by atoms with Gasteiger partial charge in [-0.05, 0) is 40.3 Å². The van der Waals surface area contributed by atoms with Crippen LogP contribution in [0.5, 0.6) is 5.75 Å². The molecule has 0 amide bonds. The minimum Gasteiger partial charge on any atom is -0.497 e. The summed E-state index contributed by atoms with van der Waals surface area (Å²) >= 11 is 2.20. The highest BCUT2D eigenvalue weighted by Crippen LogP contribution is 2.20. The molecule has 0 saturated heterocycles. The minimum atomic E-state index is 0.0524. The van der Waals surface area contributed by atoms with Gasteiger partial charge in [-0.1, -0.05) is 12.1 Å². The number of ether oxygens (including phenoxy) is 1. The number of nitrogens with one attached hydrogen (secondary N) is 1. The van der Waals surface area contributed by atoms with Gasteiger partial charge in [0.05, 0.1) is 12.5 Å². The zero-order valence-electron chi connectivity index (χ0n) is 10.9. The van der Waals surface area contributed by atoms with E-state index >= 15 is 0 Å². The average Bonchev–Trinajstić information content (AvgIpc) is 2.77. The Kier molecular flexibility index (Phi) is 3.52. The SMILES string of the molecule is COc1ccc(Cn2cc(I)c3c(=O)cc[nH]c32)cc1. The Labute approximate surface area is 129 Å². The van der Waals surface area contributed by atoms with Gasteiger partial charge in [0.1, 0.15) is 11.4 Å². The van der Waals surface area contributed by atoms with Crippen molar-refractivity contribution in [3.8, 4) is 5.75 Å². The van der Waals surface area contributed by atoms with E-state index in [-0.39, 0.29) is 5.43 Å². The Morgan fingerprint density at radius 3 is 2.70 bits per heavy atom. The van der Waals surface area contributed by atoms with Crippen LogP contribution in [0.15, 0.2) is 47.5 Å². The Morgan fingerprint density at radius 1 is 1.25 bits per heavy atom. The summed E-state index contributed by atoms with van der Waals surface area (Å²) in [6.07, 6.45) is 3.68. The zero-order chi connectivity index (χ0) is 14.1. The van der Waals surface area contributed by atoms with Crippen LogP contribution >= 0.6 is 22.6 Å². The molecule has 2 heterocycles. The molecule has 0 unspecified atom stereocenters. The van der Waals surface area contributed by atoms with E-state index in [0.29, 0.717) is 6.54 Å². The summed E-state index contributed by atoms with van der Waals surface area (Å²) in [4.78, 5) is 15.1. The lowest BCUT2D eigenvalue weighted by atomic mass is 10.2. The summed E-state index contributed by atoms with van der Waals surface area (Å²) in [5, 5.41) is 0.751. The molecular formula is C15H13IN2O2. The monoisotopic (exact) mass is 380 g/mol. The van der Waals surface area contributed by atoms with Crippen LogP contribution in [0.1, 0.15) is 5.56 Å². The Bertz CT molecular complexity index is 803. The standard InChI is InChI=1S/C15H13IN2O2/c1-20-11-4-2-10(3-5-11)8-18-9-12(16)14-13(19)6-7-17-15(14)18/h2-7,9H,8H2,1H3,(H,17,19). The molecule has 1 N–H and O–H groups in total. The summed E-state index contributed by atoms with van der Waals surface area (Å²) in [6, 6.07) is 9.49. The van der Waals surface area contributed by atoms with Gasteiger partial charge >= 0.3 is 0 Å². The number of nitrogens with zero attached hydrogens (tertiary/aromatic N) is 1. The molecule has 0 aliphatic heterocycles. The van der Waals surface area contributed by atoms with Crippen LogP contribution in [0, 0.1) is 3.57 Å². The predicted molar refractivity (Wildman–Crippen MR) is 87.4 cm³/mol. The fraction of sp³-hybridized carbons (Fsp3) is 0.133. The first-order chi connectivity index (χ1) is 9.69. The fourth-order valence-corrected chi connectivity index (χ4v) is 3.10. The van der Waals surface area contributed by atoms with E-state index in [4.69, 9.17) is 4.74 Å². The summed E-state index contributed by atoms with van der Waals surface area (Å²) in [6.45, 7) is 0.712. The summed E-state index contributed by atoms with van der Waals surface area (Å²) in [5.41, 5.74) is 2.07. The second-order valence-electron chi connectivity index (χ2n) is 4.52. The summed E-state index contributed by atoms with van der Waals surface area (Å²) in [5.74, 6) is 0.842. The molecule has 0 aliphatic carbocycles. The van der Waals surface area contributed by atoms with Crippen LogP contribution in [0.2, 0.25) is 0 Å². The number of rotatable bonds is 3. The number of halogens is 1. The topological polar surface area (TPSA) is 47.0 Å². The van der Waals surface area contributed by atoms with Gasteiger partial charge in [-0.15, -0.1) is 0 Å². The van der Waals surface area contributed by atoms with Crippen molar-refractivity contribution in [2.45, 2.75) is 6.54 Å². The van der Waals surface area contributed by atoms with E-state index in [1.54, 1.807) is 19.4 Å². The van der Waals surface area contributed by atoms with Crippen molar-refractivity contribution in [1.29, 1.82) is 0 Å². The number of fused-ring (bicyclic) bond motifs is 1. The quantitative estimate of drug-likeness (QED) is 0.711. The molecule has 1 aromatic carbocycles. The molecule has 0 fully saturated rings. The highest BCUT2D eigenvalue weighted by molar-refractivity contribution is 14.1. The van der Waals surface area contributed by atoms with E-state index in [9.17, 15) is 4.79 Å². The number of benzene rings is 1. The van der Waals surface area contributed by atoms with Crippen LogP contribution in [-0.4, -0.2) is 16.7 Å². The lowest BCUT2D eigenvalue weighted by Gasteiger charge is -2.06. The second kappa shape index (κ2) is 5.32. The number of hydrogen-bond donors (Lipinski definition) is 1. The predicted octanol–water partition coefficient (Wildman–Crippen LogP) is 2.99. The maximum Gasteiger partial charge on any atom is 0.192 e. The van der Waals surface area contributed by atoms with Gasteiger partial charge in [0.2, 0.25) is 0 Å². The molecule has 0 saturated carbocycles. The van der Waals surface area contributed by atoms with Crippen LogP contribution in [0.3, 0.4) is 0 Å². The minimum absolute atomic E-state index is 0.0524. The van der Waals surface area contributed by atoms with Gasteiger partial charge in [-0.25, -0.2) is 0 Å². The average molecular weight is 380 g/mol. The van der Waals surface area contributed by atoms with Crippen LogP contribution < -0.4 is 10.2 Å². The van der Waals surface area contributed by atoms with Gasteiger partial charge in [0.15, 0.2) is 5.43 Å². The summed E-state index contributed by atoms with van der Waals surface area (Å²) < 4.78 is 8.18. The van der Waals surface area contributed by atoms with E-state index in [1.165, 1.54) is 0 Å². The Balaban J connectivity index is 2.02. The van der Waals surface area contributed by atoms with E-state index in [2.05, 4.69) is 32.1 Å². The Morgan fingerprint density at radius 2 is 2.00 bits per heavy atom. The molecule has 20 heavy (non-hydrogen) atoms. The molecule has 3 rings (SSSR count). The molecule has 0 aliphatic rings. The first kappa shape index (κ1) is 13.2. The number of aromatic amines is 1. The number of aromatic nitrogens is 2. The largest absolute Gasteiger partial charge is 0.497 e. The zero-order valence-corrected chi connectivity index (χ0v) is 13.0. The number of H-pyrrole nitrogens is 1. The van der Waals surface area contributed by atoms with Gasteiger partial charge in [0, 0.05) is 28.6 Å². The van der Waals surface area contributed by atoms with Crippen molar-refractivity contribution in [2.24, 2.45) is 0 Å². The van der Waals surface area contributed by atoms with Crippen molar-refractivity contribution < 1.29 is 4.74 Å². The maximum absolute atomic E-state index is 11.9. The molecule has 0 spiro atoms. The highest BCUT2D eigenvalue weighted by atomic mass is 127. The first-order valence-electron chi connectivity index (χ1n) is 6.18. The van der Waals surface area contributed by atoms with Crippen LogP contribution in [0.4, 0.5) is 0 Å². The van der Waals surface area contributed by atoms with Crippen molar-refractivity contribution in [2.75, 3.05) is 7.11 Å². The van der Waals surface area contributed by atoms with Crippen LogP contribution in [-0.2, 0) is 6.54 Å². The van der Waals surface area contributed by atoms with Crippen LogP contribution in [0.25, 0.3) is 11.0 Å². The highest BCUT2D eigenvalue weighted by Gasteiger charge is 2.10. The second-order valence-corrected chi connectivity index (χ2v) is 5.68. The van der Waals surface area contributed by atoms with E-state index in [1.807, 2.05) is 30.5 Å². The number of methoxy groups -OCH3 is 1. The first-order valence-corrected chi connectivity index (χ1v) is 7.26. The smallest absolute Gasteiger partial charge is 0.192 e. The van der Waals surface area contributed by atoms with E-state index < -0.39 is 0 Å². The van der Waals surface area contributed by atoms with Crippen molar-refractivity contribution in [1.82, 2.24) is 9.55 Å². The molecule has 0 atom stereocenters.